The maximum atomic E-state index is 12.8. The van der Waals surface area contributed by atoms with Gasteiger partial charge in [-0.1, -0.05) is 31.2 Å². The molecule has 1 unspecified atom stereocenters. The summed E-state index contributed by atoms with van der Waals surface area (Å²) in [7, 11) is 1.60. The highest BCUT2D eigenvalue weighted by atomic mass is 16.5. The lowest BCUT2D eigenvalue weighted by Gasteiger charge is -2.19. The molecule has 1 N–H and O–H groups in total. The van der Waals surface area contributed by atoms with Gasteiger partial charge >= 0.3 is 5.69 Å². The molecule has 0 radical (unpaired) electrons. The Labute approximate surface area is 168 Å². The van der Waals surface area contributed by atoms with Crippen molar-refractivity contribution in [3.63, 3.8) is 0 Å². The zero-order chi connectivity index (χ0) is 21.0. The van der Waals surface area contributed by atoms with Crippen LogP contribution in [0.2, 0.25) is 0 Å². The van der Waals surface area contributed by atoms with Gasteiger partial charge in [0.2, 0.25) is 5.91 Å². The second-order valence-corrected chi connectivity index (χ2v) is 6.74. The summed E-state index contributed by atoms with van der Waals surface area (Å²) in [5.41, 5.74) is 0.593. The van der Waals surface area contributed by atoms with Gasteiger partial charge in [-0.2, -0.15) is 0 Å². The Morgan fingerprint density at radius 2 is 1.72 bits per heavy atom. The van der Waals surface area contributed by atoms with Crippen LogP contribution in [0.5, 0.6) is 5.75 Å². The van der Waals surface area contributed by atoms with Crippen molar-refractivity contribution < 1.29 is 9.53 Å². The highest BCUT2D eigenvalue weighted by Crippen LogP contribution is 2.20. The summed E-state index contributed by atoms with van der Waals surface area (Å²) in [6.07, 6.45) is 0.697. The van der Waals surface area contributed by atoms with E-state index in [1.54, 1.807) is 38.3 Å². The quantitative estimate of drug-likeness (QED) is 0.666. The van der Waals surface area contributed by atoms with Gasteiger partial charge in [0.15, 0.2) is 0 Å². The number of amides is 1. The zero-order valence-corrected chi connectivity index (χ0v) is 16.8. The van der Waals surface area contributed by atoms with Gasteiger partial charge in [-0.15, -0.1) is 0 Å². The van der Waals surface area contributed by atoms with Crippen LogP contribution in [-0.2, 0) is 17.9 Å². The van der Waals surface area contributed by atoms with E-state index in [1.807, 2.05) is 31.2 Å². The van der Waals surface area contributed by atoms with Gasteiger partial charge in [0.25, 0.3) is 5.56 Å². The smallest absolute Gasteiger partial charge is 0.331 e. The molecular weight excluding hydrogens is 370 g/mol. The van der Waals surface area contributed by atoms with E-state index in [2.05, 4.69) is 5.32 Å². The monoisotopic (exact) mass is 395 g/mol. The van der Waals surface area contributed by atoms with Crippen LogP contribution in [0.25, 0.3) is 10.9 Å². The summed E-state index contributed by atoms with van der Waals surface area (Å²) in [4.78, 5) is 38.1. The van der Waals surface area contributed by atoms with E-state index in [0.29, 0.717) is 17.3 Å². The van der Waals surface area contributed by atoms with Gasteiger partial charge in [-0.25, -0.2) is 4.79 Å². The minimum Gasteiger partial charge on any atom is -0.497 e. The molecule has 3 rings (SSSR count). The summed E-state index contributed by atoms with van der Waals surface area (Å²) in [5.74, 6) is 0.455. The summed E-state index contributed by atoms with van der Waals surface area (Å²) < 4.78 is 7.68. The Bertz CT molecular complexity index is 1130. The molecule has 152 valence electrons. The first-order valence-electron chi connectivity index (χ1n) is 9.65. The Balaban J connectivity index is 1.91. The van der Waals surface area contributed by atoms with E-state index >= 15 is 0 Å². The third kappa shape index (κ3) is 4.08. The molecule has 1 amide bonds. The SMILES string of the molecule is CCC(NC(=O)Cn1c(=O)n(CC)c(=O)c2ccccc21)c1ccc(OC)cc1. The number of hydrogen-bond donors (Lipinski definition) is 1. The number of carbonyl (C=O) groups excluding carboxylic acids is 1. The summed E-state index contributed by atoms with van der Waals surface area (Å²) >= 11 is 0. The lowest BCUT2D eigenvalue weighted by atomic mass is 10.0. The summed E-state index contributed by atoms with van der Waals surface area (Å²) in [6, 6.07) is 14.2. The minimum atomic E-state index is -0.483. The van der Waals surface area contributed by atoms with E-state index < -0.39 is 5.69 Å². The first kappa shape index (κ1) is 20.4. The Morgan fingerprint density at radius 1 is 1.03 bits per heavy atom. The fourth-order valence-electron chi connectivity index (χ4n) is 3.44. The number of hydrogen-bond acceptors (Lipinski definition) is 4. The molecule has 0 spiro atoms. The van der Waals surface area contributed by atoms with Crippen LogP contribution in [0.15, 0.2) is 58.1 Å². The molecule has 0 saturated heterocycles. The molecule has 7 heteroatoms. The topological polar surface area (TPSA) is 82.3 Å². The number of rotatable bonds is 7. The molecule has 7 nitrogen and oxygen atoms in total. The molecule has 2 aromatic carbocycles. The molecule has 0 aliphatic rings. The number of ether oxygens (including phenoxy) is 1. The number of benzene rings is 2. The van der Waals surface area contributed by atoms with Crippen LogP contribution in [0, 0.1) is 0 Å². The van der Waals surface area contributed by atoms with E-state index in [1.165, 1.54) is 4.57 Å². The van der Waals surface area contributed by atoms with Crippen LogP contribution in [-0.4, -0.2) is 22.2 Å². The molecule has 1 heterocycles. The molecule has 0 bridgehead atoms. The number of para-hydroxylation sites is 1. The largest absolute Gasteiger partial charge is 0.497 e. The van der Waals surface area contributed by atoms with Crippen molar-refractivity contribution in [2.45, 2.75) is 39.4 Å². The van der Waals surface area contributed by atoms with Crippen molar-refractivity contribution in [2.24, 2.45) is 0 Å². The third-order valence-corrected chi connectivity index (χ3v) is 5.01. The average Bonchev–Trinajstić information content (AvgIpc) is 2.75. The predicted octanol–water partition coefficient (Wildman–Crippen LogP) is 2.46. The fraction of sp³-hybridized carbons (Fsp3) is 0.318. The van der Waals surface area contributed by atoms with Crippen molar-refractivity contribution in [3.8, 4) is 5.75 Å². The van der Waals surface area contributed by atoms with E-state index in [4.69, 9.17) is 4.74 Å². The first-order valence-corrected chi connectivity index (χ1v) is 9.65. The highest BCUT2D eigenvalue weighted by molar-refractivity contribution is 5.81. The number of aromatic nitrogens is 2. The Hall–Kier alpha value is -3.35. The Morgan fingerprint density at radius 3 is 2.34 bits per heavy atom. The molecule has 0 saturated carbocycles. The van der Waals surface area contributed by atoms with Crippen molar-refractivity contribution in [3.05, 3.63) is 74.9 Å². The molecule has 3 aromatic rings. The first-order chi connectivity index (χ1) is 14.0. The van der Waals surface area contributed by atoms with Crippen LogP contribution in [0.3, 0.4) is 0 Å². The predicted molar refractivity (Wildman–Crippen MR) is 112 cm³/mol. The van der Waals surface area contributed by atoms with Crippen LogP contribution in [0.4, 0.5) is 0 Å². The van der Waals surface area contributed by atoms with E-state index in [-0.39, 0.29) is 30.6 Å². The van der Waals surface area contributed by atoms with Gasteiger partial charge in [0, 0.05) is 6.54 Å². The van der Waals surface area contributed by atoms with Crippen LogP contribution in [0.1, 0.15) is 31.9 Å². The summed E-state index contributed by atoms with van der Waals surface area (Å²) in [5, 5.41) is 3.41. The maximum Gasteiger partial charge on any atom is 0.331 e. The maximum absolute atomic E-state index is 12.8. The Kier molecular flexibility index (Phi) is 6.16. The van der Waals surface area contributed by atoms with Crippen molar-refractivity contribution >= 4 is 16.8 Å². The summed E-state index contributed by atoms with van der Waals surface area (Å²) in [6.45, 7) is 3.80. The van der Waals surface area contributed by atoms with Gasteiger partial charge in [-0.05, 0) is 43.2 Å². The van der Waals surface area contributed by atoms with Crippen LogP contribution < -0.4 is 21.3 Å². The normalized spacial score (nSPS) is 12.0. The second kappa shape index (κ2) is 8.77. The molecule has 1 aromatic heterocycles. The molecule has 0 aliphatic carbocycles. The number of fused-ring (bicyclic) bond motifs is 1. The number of nitrogens with zero attached hydrogens (tertiary/aromatic N) is 2. The second-order valence-electron chi connectivity index (χ2n) is 6.74. The van der Waals surface area contributed by atoms with E-state index in [0.717, 1.165) is 15.9 Å². The number of methoxy groups -OCH3 is 1. The highest BCUT2D eigenvalue weighted by Gasteiger charge is 2.17. The molecule has 1 atom stereocenters. The minimum absolute atomic E-state index is 0.160. The van der Waals surface area contributed by atoms with Gasteiger partial charge in [-0.3, -0.25) is 18.7 Å². The average molecular weight is 395 g/mol. The van der Waals surface area contributed by atoms with Gasteiger partial charge in [0.05, 0.1) is 24.1 Å². The third-order valence-electron chi connectivity index (χ3n) is 5.01. The lowest BCUT2D eigenvalue weighted by molar-refractivity contribution is -0.122. The lowest BCUT2D eigenvalue weighted by Crippen LogP contribution is -2.42. The van der Waals surface area contributed by atoms with Gasteiger partial charge < -0.3 is 10.1 Å². The van der Waals surface area contributed by atoms with Crippen LogP contribution >= 0.6 is 0 Å². The standard InChI is InChI=1S/C22H25N3O4/c1-4-18(15-10-12-16(29-3)13-11-15)23-20(26)14-25-19-9-7-6-8-17(19)21(27)24(5-2)22(25)28/h6-13,18H,4-5,14H2,1-3H3,(H,23,26). The van der Waals surface area contributed by atoms with Gasteiger partial charge in [0.1, 0.15) is 12.3 Å². The van der Waals surface area contributed by atoms with Crippen molar-refractivity contribution in [1.29, 1.82) is 0 Å². The zero-order valence-electron chi connectivity index (χ0n) is 16.8. The van der Waals surface area contributed by atoms with E-state index in [9.17, 15) is 14.4 Å². The fourth-order valence-corrected chi connectivity index (χ4v) is 3.44. The number of carbonyl (C=O) groups is 1. The molecular formula is C22H25N3O4. The molecule has 29 heavy (non-hydrogen) atoms. The molecule has 0 aliphatic heterocycles. The van der Waals surface area contributed by atoms with Crippen molar-refractivity contribution in [2.75, 3.05) is 7.11 Å². The van der Waals surface area contributed by atoms with Crippen molar-refractivity contribution in [1.82, 2.24) is 14.5 Å². The number of nitrogens with one attached hydrogen (secondary N) is 1. The molecule has 0 fully saturated rings.